The smallest absolute Gasteiger partial charge is 0.308 e. The number of carbonyl (C=O) groups is 2. The van der Waals surface area contributed by atoms with E-state index in [-0.39, 0.29) is 18.4 Å². The minimum absolute atomic E-state index is 0.00229. The van der Waals surface area contributed by atoms with Crippen molar-refractivity contribution in [1.82, 2.24) is 4.90 Å². The van der Waals surface area contributed by atoms with Gasteiger partial charge in [-0.1, -0.05) is 23.7 Å². The quantitative estimate of drug-likeness (QED) is 0.932. The topological polar surface area (TPSA) is 57.6 Å². The molecule has 0 saturated carbocycles. The molecule has 1 aliphatic rings. The summed E-state index contributed by atoms with van der Waals surface area (Å²) in [4.78, 5) is 25.4. The summed E-state index contributed by atoms with van der Waals surface area (Å²) in [6.45, 7) is 3.80. The predicted molar refractivity (Wildman–Crippen MR) is 76.5 cm³/mol. The number of aliphatic carboxylic acids is 1. The fraction of sp³-hybridized carbons (Fsp3) is 0.467. The van der Waals surface area contributed by atoms with E-state index in [0.29, 0.717) is 11.4 Å². The molecule has 1 fully saturated rings. The number of hydrogen-bond acceptors (Lipinski definition) is 2. The molecule has 1 N–H and O–H groups in total. The first kappa shape index (κ1) is 14.9. The molecule has 108 valence electrons. The number of nitrogens with zero attached hydrogens (tertiary/aromatic N) is 1. The minimum atomic E-state index is -0.867. The van der Waals surface area contributed by atoms with Gasteiger partial charge in [0, 0.05) is 17.5 Å². The maximum atomic E-state index is 12.2. The van der Waals surface area contributed by atoms with Gasteiger partial charge in [-0.3, -0.25) is 9.59 Å². The van der Waals surface area contributed by atoms with Crippen LogP contribution in [0.15, 0.2) is 24.3 Å². The number of carboxylic acid groups (broad SMARTS) is 1. The second-order valence-electron chi connectivity index (χ2n) is 5.38. The van der Waals surface area contributed by atoms with Crippen LogP contribution >= 0.6 is 11.6 Å². The molecule has 0 spiro atoms. The summed E-state index contributed by atoms with van der Waals surface area (Å²) in [6.07, 6.45) is 0.654. The van der Waals surface area contributed by atoms with E-state index < -0.39 is 17.9 Å². The van der Waals surface area contributed by atoms with Gasteiger partial charge in [0.1, 0.15) is 0 Å². The molecule has 0 aromatic heterocycles. The summed E-state index contributed by atoms with van der Waals surface area (Å²) in [5, 5.41) is 10.0. The standard InChI is InChI=1S/C15H18ClNO3/c1-9(2)17-13(18)7-6-12(15(19)20)14(17)10-4-3-5-11(16)8-10/h3-5,8-9,12,14H,6-7H2,1-2H3,(H,19,20). The van der Waals surface area contributed by atoms with E-state index in [1.165, 1.54) is 0 Å². The summed E-state index contributed by atoms with van der Waals surface area (Å²) in [6, 6.07) is 6.61. The largest absolute Gasteiger partial charge is 0.481 e. The van der Waals surface area contributed by atoms with Crippen molar-refractivity contribution < 1.29 is 14.7 Å². The molecule has 1 heterocycles. The van der Waals surface area contributed by atoms with Gasteiger partial charge in [0.2, 0.25) is 5.91 Å². The average molecular weight is 296 g/mol. The third-order valence-electron chi connectivity index (χ3n) is 3.70. The van der Waals surface area contributed by atoms with E-state index in [1.807, 2.05) is 19.9 Å². The van der Waals surface area contributed by atoms with Crippen LogP contribution < -0.4 is 0 Å². The van der Waals surface area contributed by atoms with Crippen LogP contribution in [-0.4, -0.2) is 27.9 Å². The van der Waals surface area contributed by atoms with Gasteiger partial charge in [0.25, 0.3) is 0 Å². The Balaban J connectivity index is 2.48. The number of hydrogen-bond donors (Lipinski definition) is 1. The highest BCUT2D eigenvalue weighted by molar-refractivity contribution is 6.30. The average Bonchev–Trinajstić information content (AvgIpc) is 2.37. The summed E-state index contributed by atoms with van der Waals surface area (Å²) in [7, 11) is 0. The van der Waals surface area contributed by atoms with Gasteiger partial charge in [0.15, 0.2) is 0 Å². The third kappa shape index (κ3) is 2.80. The zero-order valence-corrected chi connectivity index (χ0v) is 12.3. The molecule has 0 bridgehead atoms. The molecular weight excluding hydrogens is 278 g/mol. The molecule has 0 aliphatic carbocycles. The summed E-state index contributed by atoms with van der Waals surface area (Å²) in [5.41, 5.74) is 0.784. The molecule has 0 radical (unpaired) electrons. The van der Waals surface area contributed by atoms with Gasteiger partial charge in [-0.05, 0) is 38.0 Å². The molecule has 1 saturated heterocycles. The lowest BCUT2D eigenvalue weighted by Gasteiger charge is -2.42. The fourth-order valence-corrected chi connectivity index (χ4v) is 3.06. The first-order valence-electron chi connectivity index (χ1n) is 6.71. The van der Waals surface area contributed by atoms with Gasteiger partial charge in [-0.25, -0.2) is 0 Å². The molecule has 2 atom stereocenters. The molecule has 2 unspecified atom stereocenters. The monoisotopic (exact) mass is 295 g/mol. The van der Waals surface area contributed by atoms with E-state index >= 15 is 0 Å². The van der Waals surface area contributed by atoms with E-state index in [4.69, 9.17) is 11.6 Å². The Kier molecular flexibility index (Phi) is 4.33. The van der Waals surface area contributed by atoms with Gasteiger partial charge >= 0.3 is 5.97 Å². The third-order valence-corrected chi connectivity index (χ3v) is 3.94. The Bertz CT molecular complexity index is 530. The van der Waals surface area contributed by atoms with Crippen molar-refractivity contribution >= 4 is 23.5 Å². The maximum Gasteiger partial charge on any atom is 0.308 e. The number of likely N-dealkylation sites (tertiary alicyclic amines) is 1. The molecule has 1 amide bonds. The van der Waals surface area contributed by atoms with Crippen molar-refractivity contribution in [3.8, 4) is 0 Å². The number of benzene rings is 1. The van der Waals surface area contributed by atoms with Crippen LogP contribution in [0.5, 0.6) is 0 Å². The first-order valence-corrected chi connectivity index (χ1v) is 7.09. The van der Waals surface area contributed by atoms with Crippen molar-refractivity contribution in [2.45, 2.75) is 38.8 Å². The zero-order valence-electron chi connectivity index (χ0n) is 11.5. The van der Waals surface area contributed by atoms with Crippen molar-refractivity contribution in [3.05, 3.63) is 34.9 Å². The summed E-state index contributed by atoms with van der Waals surface area (Å²) < 4.78 is 0. The van der Waals surface area contributed by atoms with E-state index in [9.17, 15) is 14.7 Å². The lowest BCUT2D eigenvalue weighted by Crippen LogP contribution is -2.48. The fourth-order valence-electron chi connectivity index (χ4n) is 2.87. The number of carbonyl (C=O) groups excluding carboxylic acids is 1. The molecule has 1 aromatic carbocycles. The van der Waals surface area contributed by atoms with Crippen LogP contribution in [0.25, 0.3) is 0 Å². The Hall–Kier alpha value is -1.55. The van der Waals surface area contributed by atoms with Crippen LogP contribution in [-0.2, 0) is 9.59 Å². The maximum absolute atomic E-state index is 12.2. The number of piperidine rings is 1. The zero-order chi connectivity index (χ0) is 14.9. The van der Waals surface area contributed by atoms with E-state index in [1.54, 1.807) is 23.1 Å². The highest BCUT2D eigenvalue weighted by atomic mass is 35.5. The van der Waals surface area contributed by atoms with Crippen molar-refractivity contribution in [2.24, 2.45) is 5.92 Å². The predicted octanol–water partition coefficient (Wildman–Crippen LogP) is 3.11. The Morgan fingerprint density at radius 2 is 2.15 bits per heavy atom. The number of rotatable bonds is 3. The van der Waals surface area contributed by atoms with Crippen LogP contribution in [0.2, 0.25) is 5.02 Å². The SMILES string of the molecule is CC(C)N1C(=O)CCC(C(=O)O)C1c1cccc(Cl)c1. The van der Waals surface area contributed by atoms with Gasteiger partial charge < -0.3 is 10.0 Å². The lowest BCUT2D eigenvalue weighted by molar-refractivity contribution is -0.153. The van der Waals surface area contributed by atoms with E-state index in [0.717, 1.165) is 5.56 Å². The van der Waals surface area contributed by atoms with Crippen molar-refractivity contribution in [1.29, 1.82) is 0 Å². The number of carboxylic acids is 1. The Morgan fingerprint density at radius 1 is 1.45 bits per heavy atom. The van der Waals surface area contributed by atoms with Crippen LogP contribution in [0.4, 0.5) is 0 Å². The number of halogens is 1. The Morgan fingerprint density at radius 3 is 2.70 bits per heavy atom. The lowest BCUT2D eigenvalue weighted by atomic mass is 9.83. The summed E-state index contributed by atoms with van der Waals surface area (Å²) in [5.74, 6) is -1.45. The highest BCUT2D eigenvalue weighted by Gasteiger charge is 2.41. The molecule has 1 aromatic rings. The highest BCUT2D eigenvalue weighted by Crippen LogP contribution is 2.38. The Labute approximate surface area is 123 Å². The van der Waals surface area contributed by atoms with E-state index in [2.05, 4.69) is 0 Å². The van der Waals surface area contributed by atoms with Gasteiger partial charge in [-0.15, -0.1) is 0 Å². The molecular formula is C15H18ClNO3. The molecule has 1 aliphatic heterocycles. The van der Waals surface area contributed by atoms with Crippen LogP contribution in [0, 0.1) is 5.92 Å². The van der Waals surface area contributed by atoms with Crippen molar-refractivity contribution in [3.63, 3.8) is 0 Å². The second kappa shape index (κ2) is 5.83. The second-order valence-corrected chi connectivity index (χ2v) is 5.81. The molecule has 4 nitrogen and oxygen atoms in total. The van der Waals surface area contributed by atoms with Crippen LogP contribution in [0.1, 0.15) is 38.3 Å². The molecule has 5 heteroatoms. The summed E-state index contributed by atoms with van der Waals surface area (Å²) >= 11 is 6.00. The number of amides is 1. The molecule has 2 rings (SSSR count). The normalized spacial score (nSPS) is 23.2. The first-order chi connectivity index (χ1) is 9.41. The minimum Gasteiger partial charge on any atom is -0.481 e. The van der Waals surface area contributed by atoms with Gasteiger partial charge in [0.05, 0.1) is 12.0 Å². The molecule has 20 heavy (non-hydrogen) atoms. The van der Waals surface area contributed by atoms with Gasteiger partial charge in [-0.2, -0.15) is 0 Å². The van der Waals surface area contributed by atoms with Crippen molar-refractivity contribution in [2.75, 3.05) is 0 Å². The van der Waals surface area contributed by atoms with Crippen LogP contribution in [0.3, 0.4) is 0 Å².